The van der Waals surface area contributed by atoms with Crippen molar-refractivity contribution in [1.29, 1.82) is 0 Å². The fraction of sp³-hybridized carbons (Fsp3) is 0.320. The molecule has 2 aliphatic rings. The fourth-order valence-electron chi connectivity index (χ4n) is 5.08. The van der Waals surface area contributed by atoms with E-state index in [1.165, 1.54) is 17.7 Å². The number of fused-ring (bicyclic) bond motifs is 3. The van der Waals surface area contributed by atoms with E-state index in [-0.39, 0.29) is 11.9 Å². The summed E-state index contributed by atoms with van der Waals surface area (Å²) in [5.41, 5.74) is 13.3. The largest absolute Gasteiger partial charge is 0.368 e. The minimum Gasteiger partial charge on any atom is -0.368 e. The van der Waals surface area contributed by atoms with Gasteiger partial charge in [0.1, 0.15) is 5.69 Å². The number of aryl methyl sites for hydroxylation is 3. The van der Waals surface area contributed by atoms with Gasteiger partial charge in [0.2, 0.25) is 11.9 Å². The number of benzene rings is 1. The monoisotopic (exact) mass is 469 g/mol. The number of nitrogens with zero attached hydrogens (tertiary/aromatic N) is 7. The Bertz CT molecular complexity index is 1450. The third-order valence-electron chi connectivity index (χ3n) is 6.83. The van der Waals surface area contributed by atoms with E-state index in [0.29, 0.717) is 18.3 Å². The molecule has 0 fully saturated rings. The fourth-order valence-corrected chi connectivity index (χ4v) is 5.08. The Labute approximate surface area is 202 Å². The van der Waals surface area contributed by atoms with Crippen molar-refractivity contribution in [1.82, 2.24) is 34.2 Å². The number of amides is 1. The van der Waals surface area contributed by atoms with Gasteiger partial charge in [0.05, 0.1) is 11.9 Å². The van der Waals surface area contributed by atoms with Gasteiger partial charge in [0, 0.05) is 44.1 Å². The van der Waals surface area contributed by atoms with Crippen LogP contribution in [-0.4, -0.2) is 46.7 Å². The molecule has 0 spiro atoms. The Hall–Kier alpha value is -4.21. The van der Waals surface area contributed by atoms with Gasteiger partial charge >= 0.3 is 0 Å². The Morgan fingerprint density at radius 2 is 2.00 bits per heavy atom. The molecule has 10 nitrogen and oxygen atoms in total. The first-order valence-electron chi connectivity index (χ1n) is 11.8. The molecule has 10 heteroatoms. The van der Waals surface area contributed by atoms with E-state index in [0.717, 1.165) is 54.0 Å². The first kappa shape index (κ1) is 21.3. The van der Waals surface area contributed by atoms with Crippen LogP contribution >= 0.6 is 0 Å². The molecule has 0 bridgehead atoms. The first-order chi connectivity index (χ1) is 16.9. The molecule has 178 valence electrons. The third kappa shape index (κ3) is 3.90. The normalized spacial score (nSPS) is 14.8. The van der Waals surface area contributed by atoms with E-state index in [4.69, 9.17) is 5.73 Å². The number of nitrogens with two attached hydrogens (primary N) is 1. The van der Waals surface area contributed by atoms with E-state index in [1.807, 2.05) is 43.3 Å². The van der Waals surface area contributed by atoms with Crippen molar-refractivity contribution in [3.8, 4) is 11.4 Å². The van der Waals surface area contributed by atoms with Gasteiger partial charge in [-0.2, -0.15) is 20.1 Å². The van der Waals surface area contributed by atoms with Gasteiger partial charge in [0.15, 0.2) is 5.82 Å². The number of carbonyl (C=O) groups is 1. The SMILES string of the molecule is Cc1cc(-c2nc(N)nc(Nc3cnn(C)c3)n2)ccc1CN1CCn2c(cc3c2CCC3)C1=O. The summed E-state index contributed by atoms with van der Waals surface area (Å²) >= 11 is 0. The Kier molecular flexibility index (Phi) is 5.01. The van der Waals surface area contributed by atoms with E-state index in [2.05, 4.69) is 36.0 Å². The van der Waals surface area contributed by atoms with Crippen LogP contribution in [0.25, 0.3) is 11.4 Å². The summed E-state index contributed by atoms with van der Waals surface area (Å²) in [6, 6.07) is 8.15. The van der Waals surface area contributed by atoms with Crippen molar-refractivity contribution in [3.05, 3.63) is 64.7 Å². The highest BCUT2D eigenvalue weighted by atomic mass is 16.2. The van der Waals surface area contributed by atoms with Crippen LogP contribution in [-0.2, 0) is 33.0 Å². The highest BCUT2D eigenvalue weighted by molar-refractivity contribution is 5.94. The number of hydrogen-bond acceptors (Lipinski definition) is 7. The van der Waals surface area contributed by atoms with Gasteiger partial charge < -0.3 is 20.5 Å². The number of carbonyl (C=O) groups excluding carboxylic acids is 1. The standard InChI is InChI=1S/C25H27N9O/c1-15-10-17(22-29-24(26)31-25(30-22)28-19-12-27-32(2)14-19)6-7-18(15)13-33-8-9-34-20-5-3-4-16(20)11-21(34)23(33)35/h6-7,10-12,14H,3-5,8-9,13H2,1-2H3,(H3,26,28,29,30,31). The minimum atomic E-state index is 0.116. The molecule has 1 aliphatic heterocycles. The average molecular weight is 470 g/mol. The van der Waals surface area contributed by atoms with Crippen molar-refractivity contribution in [2.45, 2.75) is 39.3 Å². The second kappa shape index (κ2) is 8.23. The predicted molar refractivity (Wildman–Crippen MR) is 132 cm³/mol. The zero-order valence-electron chi connectivity index (χ0n) is 19.8. The molecular formula is C25H27N9O. The summed E-state index contributed by atoms with van der Waals surface area (Å²) in [5, 5.41) is 7.25. The Morgan fingerprint density at radius 3 is 2.80 bits per heavy atom. The van der Waals surface area contributed by atoms with Crippen LogP contribution in [0.15, 0.2) is 36.7 Å². The lowest BCUT2D eigenvalue weighted by atomic mass is 10.0. The molecule has 0 atom stereocenters. The summed E-state index contributed by atoms with van der Waals surface area (Å²) in [6.07, 6.45) is 6.88. The number of hydrogen-bond donors (Lipinski definition) is 2. The van der Waals surface area contributed by atoms with Crippen molar-refractivity contribution in [2.24, 2.45) is 7.05 Å². The van der Waals surface area contributed by atoms with Crippen LogP contribution in [0.5, 0.6) is 0 Å². The van der Waals surface area contributed by atoms with E-state index < -0.39 is 0 Å². The maximum absolute atomic E-state index is 13.2. The maximum atomic E-state index is 13.2. The van der Waals surface area contributed by atoms with Crippen LogP contribution in [0.3, 0.4) is 0 Å². The number of nitrogen functional groups attached to an aromatic ring is 1. The van der Waals surface area contributed by atoms with E-state index in [1.54, 1.807) is 10.9 Å². The smallest absolute Gasteiger partial charge is 0.270 e. The lowest BCUT2D eigenvalue weighted by molar-refractivity contribution is 0.0689. The number of nitrogens with one attached hydrogen (secondary N) is 1. The summed E-state index contributed by atoms with van der Waals surface area (Å²) in [6.45, 7) is 4.21. The summed E-state index contributed by atoms with van der Waals surface area (Å²) in [7, 11) is 1.84. The molecule has 35 heavy (non-hydrogen) atoms. The molecule has 0 unspecified atom stereocenters. The van der Waals surface area contributed by atoms with Gasteiger partial charge in [-0.15, -0.1) is 0 Å². The lowest BCUT2D eigenvalue weighted by Gasteiger charge is -2.30. The number of aromatic nitrogens is 6. The molecule has 0 saturated carbocycles. The molecule has 6 rings (SSSR count). The van der Waals surface area contributed by atoms with Gasteiger partial charge in [0.25, 0.3) is 5.91 Å². The second-order valence-electron chi connectivity index (χ2n) is 9.24. The molecule has 0 radical (unpaired) electrons. The topological polar surface area (TPSA) is 120 Å². The highest BCUT2D eigenvalue weighted by Gasteiger charge is 2.30. The average Bonchev–Trinajstić information content (AvgIpc) is 3.53. The Morgan fingerprint density at radius 1 is 1.11 bits per heavy atom. The van der Waals surface area contributed by atoms with E-state index >= 15 is 0 Å². The molecule has 3 N–H and O–H groups in total. The zero-order chi connectivity index (χ0) is 24.1. The predicted octanol–water partition coefficient (Wildman–Crippen LogP) is 2.85. The molecule has 4 heterocycles. The van der Waals surface area contributed by atoms with Crippen LogP contribution < -0.4 is 11.1 Å². The first-order valence-corrected chi connectivity index (χ1v) is 11.8. The second-order valence-corrected chi connectivity index (χ2v) is 9.24. The molecule has 1 amide bonds. The summed E-state index contributed by atoms with van der Waals surface area (Å²) in [5.74, 6) is 1.10. The lowest BCUT2D eigenvalue weighted by Crippen LogP contribution is -2.40. The molecule has 1 aromatic carbocycles. The number of anilines is 3. The van der Waals surface area contributed by atoms with Gasteiger partial charge in [-0.1, -0.05) is 12.1 Å². The molecule has 4 aromatic rings. The highest BCUT2D eigenvalue weighted by Crippen LogP contribution is 2.30. The van der Waals surface area contributed by atoms with Gasteiger partial charge in [-0.05, 0) is 55.0 Å². The van der Waals surface area contributed by atoms with Crippen molar-refractivity contribution < 1.29 is 4.79 Å². The van der Waals surface area contributed by atoms with Crippen LogP contribution in [0.2, 0.25) is 0 Å². The number of rotatable bonds is 5. The van der Waals surface area contributed by atoms with Gasteiger partial charge in [-0.25, -0.2) is 0 Å². The minimum absolute atomic E-state index is 0.116. The summed E-state index contributed by atoms with van der Waals surface area (Å²) in [4.78, 5) is 28.2. The van der Waals surface area contributed by atoms with Gasteiger partial charge in [-0.3, -0.25) is 9.48 Å². The third-order valence-corrected chi connectivity index (χ3v) is 6.83. The molecular weight excluding hydrogens is 442 g/mol. The Balaban J connectivity index is 1.22. The van der Waals surface area contributed by atoms with E-state index in [9.17, 15) is 4.79 Å². The molecule has 3 aromatic heterocycles. The molecule has 1 aliphatic carbocycles. The van der Waals surface area contributed by atoms with Crippen LogP contribution in [0.1, 0.15) is 39.3 Å². The molecule has 0 saturated heterocycles. The van der Waals surface area contributed by atoms with Crippen LogP contribution in [0, 0.1) is 6.92 Å². The quantitative estimate of drug-likeness (QED) is 0.461. The van der Waals surface area contributed by atoms with Crippen molar-refractivity contribution in [3.63, 3.8) is 0 Å². The summed E-state index contributed by atoms with van der Waals surface area (Å²) < 4.78 is 3.92. The zero-order valence-corrected chi connectivity index (χ0v) is 19.8. The maximum Gasteiger partial charge on any atom is 0.270 e. The van der Waals surface area contributed by atoms with Crippen molar-refractivity contribution >= 4 is 23.5 Å². The van der Waals surface area contributed by atoms with Crippen LogP contribution in [0.4, 0.5) is 17.6 Å². The van der Waals surface area contributed by atoms with Crippen molar-refractivity contribution in [2.75, 3.05) is 17.6 Å².